The fourth-order valence-electron chi connectivity index (χ4n) is 3.76. The van der Waals surface area contributed by atoms with E-state index in [9.17, 15) is 14.7 Å². The molecule has 4 aromatic rings. The van der Waals surface area contributed by atoms with Crippen LogP contribution in [0.1, 0.15) is 20.7 Å². The van der Waals surface area contributed by atoms with Crippen LogP contribution in [-0.4, -0.2) is 50.0 Å². The van der Waals surface area contributed by atoms with Gasteiger partial charge in [0.05, 0.1) is 25.0 Å². The molecule has 0 bridgehead atoms. The molecule has 1 aliphatic rings. The Morgan fingerprint density at radius 1 is 0.862 bits per heavy atom. The number of amides is 2. The molecule has 1 N–H and O–H groups in total. The number of carbonyl (C=O) groups excluding carboxylic acids is 2. The van der Waals surface area contributed by atoms with E-state index in [-0.39, 0.29) is 13.2 Å². The van der Waals surface area contributed by atoms with Gasteiger partial charge >= 0.3 is 0 Å². The minimum Gasteiger partial charge on any atom is -0.395 e. The number of aliphatic hydroxyl groups excluding tert-OH is 1. The Labute approximate surface area is 165 Å². The molecule has 0 spiro atoms. The molecule has 2 amide bonds. The number of hydrogen-bond acceptors (Lipinski definition) is 5. The summed E-state index contributed by atoms with van der Waals surface area (Å²) >= 11 is 0. The van der Waals surface area contributed by atoms with Crippen LogP contribution in [0.15, 0.2) is 66.9 Å². The largest absolute Gasteiger partial charge is 0.395 e. The summed E-state index contributed by atoms with van der Waals surface area (Å²) in [6.07, 6.45) is 1.82. The van der Waals surface area contributed by atoms with Gasteiger partial charge < -0.3 is 5.11 Å². The molecule has 0 fully saturated rings. The highest BCUT2D eigenvalue weighted by Gasteiger charge is 2.33. The van der Waals surface area contributed by atoms with Gasteiger partial charge in [-0.05, 0) is 18.2 Å². The summed E-state index contributed by atoms with van der Waals surface area (Å²) in [6, 6.07) is 18.6. The van der Waals surface area contributed by atoms with Crippen LogP contribution in [0.25, 0.3) is 27.7 Å². The quantitative estimate of drug-likeness (QED) is 0.547. The molecule has 142 valence electrons. The third kappa shape index (κ3) is 2.63. The molecule has 0 atom stereocenters. The highest BCUT2D eigenvalue weighted by Crippen LogP contribution is 2.33. The standard InChI is InChI=1S/C22H16N4O3/c27-12-11-25-21(28)16-8-4-7-15-19(10-9-17(20(15)16)22(25)29)26-13-18(23-24-26)14-5-2-1-3-6-14/h1-10,13,27H,11-12H2. The van der Waals surface area contributed by atoms with E-state index < -0.39 is 11.8 Å². The van der Waals surface area contributed by atoms with Crippen molar-refractivity contribution in [3.8, 4) is 16.9 Å². The van der Waals surface area contributed by atoms with E-state index in [0.29, 0.717) is 16.5 Å². The van der Waals surface area contributed by atoms with Gasteiger partial charge in [0.1, 0.15) is 5.69 Å². The summed E-state index contributed by atoms with van der Waals surface area (Å²) in [5.74, 6) is -0.800. The van der Waals surface area contributed by atoms with Crippen LogP contribution in [0.4, 0.5) is 0 Å². The third-order valence-corrected chi connectivity index (χ3v) is 5.10. The van der Waals surface area contributed by atoms with E-state index in [1.807, 2.05) is 42.6 Å². The highest BCUT2D eigenvalue weighted by atomic mass is 16.3. The number of benzene rings is 3. The first-order valence-corrected chi connectivity index (χ1v) is 9.20. The molecule has 29 heavy (non-hydrogen) atoms. The maximum atomic E-state index is 12.8. The summed E-state index contributed by atoms with van der Waals surface area (Å²) in [6.45, 7) is -0.305. The van der Waals surface area contributed by atoms with Crippen LogP contribution in [0, 0.1) is 0 Å². The predicted molar refractivity (Wildman–Crippen MR) is 107 cm³/mol. The third-order valence-electron chi connectivity index (χ3n) is 5.10. The number of rotatable bonds is 4. The first-order valence-electron chi connectivity index (χ1n) is 9.20. The highest BCUT2D eigenvalue weighted by molar-refractivity contribution is 6.26. The van der Waals surface area contributed by atoms with E-state index in [1.54, 1.807) is 28.9 Å². The summed E-state index contributed by atoms with van der Waals surface area (Å²) in [5.41, 5.74) is 3.29. The van der Waals surface area contributed by atoms with Gasteiger partial charge in [-0.2, -0.15) is 0 Å². The number of imide groups is 1. The fraction of sp³-hybridized carbons (Fsp3) is 0.0909. The second-order valence-corrected chi connectivity index (χ2v) is 6.76. The molecule has 7 heteroatoms. The predicted octanol–water partition coefficient (Wildman–Crippen LogP) is 2.68. The lowest BCUT2D eigenvalue weighted by Gasteiger charge is -2.27. The minimum atomic E-state index is -0.400. The first-order chi connectivity index (χ1) is 14.2. The minimum absolute atomic E-state index is 0.0290. The zero-order valence-corrected chi connectivity index (χ0v) is 15.3. The number of aliphatic hydroxyl groups is 1. The van der Waals surface area contributed by atoms with Crippen LogP contribution < -0.4 is 0 Å². The van der Waals surface area contributed by atoms with Gasteiger partial charge in [0.2, 0.25) is 0 Å². The Morgan fingerprint density at radius 2 is 1.62 bits per heavy atom. The van der Waals surface area contributed by atoms with E-state index in [2.05, 4.69) is 10.3 Å². The van der Waals surface area contributed by atoms with Gasteiger partial charge in [0, 0.05) is 27.5 Å². The van der Waals surface area contributed by atoms with Crippen molar-refractivity contribution >= 4 is 22.6 Å². The molecule has 0 aliphatic carbocycles. The zero-order chi connectivity index (χ0) is 20.0. The molecule has 0 unspecified atom stereocenters. The summed E-state index contributed by atoms with van der Waals surface area (Å²) in [4.78, 5) is 26.7. The Hall–Kier alpha value is -3.84. The lowest BCUT2D eigenvalue weighted by Crippen LogP contribution is -2.42. The van der Waals surface area contributed by atoms with Crippen LogP contribution in [0.2, 0.25) is 0 Å². The van der Waals surface area contributed by atoms with Crippen molar-refractivity contribution in [3.63, 3.8) is 0 Å². The van der Waals surface area contributed by atoms with Crippen molar-refractivity contribution in [3.05, 3.63) is 78.0 Å². The number of hydrogen-bond donors (Lipinski definition) is 1. The molecule has 7 nitrogen and oxygen atoms in total. The second-order valence-electron chi connectivity index (χ2n) is 6.76. The normalized spacial score (nSPS) is 13.3. The fourth-order valence-corrected chi connectivity index (χ4v) is 3.76. The Balaban J connectivity index is 1.68. The van der Waals surface area contributed by atoms with Crippen molar-refractivity contribution in [1.82, 2.24) is 19.9 Å². The molecular weight excluding hydrogens is 368 g/mol. The number of aromatic nitrogens is 3. The van der Waals surface area contributed by atoms with E-state index in [0.717, 1.165) is 27.2 Å². The molecule has 1 aliphatic heterocycles. The maximum absolute atomic E-state index is 12.8. The second kappa shape index (κ2) is 6.65. The molecule has 1 aromatic heterocycles. The molecule has 2 heterocycles. The molecule has 3 aromatic carbocycles. The van der Waals surface area contributed by atoms with Gasteiger partial charge in [-0.3, -0.25) is 14.5 Å². The van der Waals surface area contributed by atoms with Crippen LogP contribution in [0.5, 0.6) is 0 Å². The lowest BCUT2D eigenvalue weighted by atomic mass is 9.93. The van der Waals surface area contributed by atoms with E-state index >= 15 is 0 Å². The molecule has 0 saturated carbocycles. The average molecular weight is 384 g/mol. The molecule has 5 rings (SSSR count). The monoisotopic (exact) mass is 384 g/mol. The van der Waals surface area contributed by atoms with Crippen LogP contribution in [-0.2, 0) is 0 Å². The zero-order valence-electron chi connectivity index (χ0n) is 15.3. The van der Waals surface area contributed by atoms with Crippen molar-refractivity contribution in [2.75, 3.05) is 13.2 Å². The summed E-state index contributed by atoms with van der Waals surface area (Å²) in [5, 5.41) is 19.1. The molecule has 0 radical (unpaired) electrons. The Kier molecular flexibility index (Phi) is 3.96. The van der Waals surface area contributed by atoms with Gasteiger partial charge in [0.25, 0.3) is 11.8 Å². The summed E-state index contributed by atoms with van der Waals surface area (Å²) in [7, 11) is 0. The number of β-amino-alcohol motifs (C(OH)–C–C–N with tert-alkyl or cyclic N) is 1. The maximum Gasteiger partial charge on any atom is 0.261 e. The summed E-state index contributed by atoms with van der Waals surface area (Å²) < 4.78 is 1.65. The van der Waals surface area contributed by atoms with Gasteiger partial charge in [-0.1, -0.05) is 47.7 Å². The average Bonchev–Trinajstić information content (AvgIpc) is 3.25. The molecular formula is C22H16N4O3. The van der Waals surface area contributed by atoms with Gasteiger partial charge in [-0.15, -0.1) is 5.10 Å². The van der Waals surface area contributed by atoms with E-state index in [4.69, 9.17) is 0 Å². The van der Waals surface area contributed by atoms with Crippen LogP contribution >= 0.6 is 0 Å². The van der Waals surface area contributed by atoms with Crippen molar-refractivity contribution in [2.45, 2.75) is 0 Å². The van der Waals surface area contributed by atoms with Crippen molar-refractivity contribution in [1.29, 1.82) is 0 Å². The smallest absolute Gasteiger partial charge is 0.261 e. The van der Waals surface area contributed by atoms with E-state index in [1.165, 1.54) is 0 Å². The first kappa shape index (κ1) is 17.3. The molecule has 0 saturated heterocycles. The Bertz CT molecular complexity index is 1240. The van der Waals surface area contributed by atoms with Crippen LogP contribution in [0.3, 0.4) is 0 Å². The topological polar surface area (TPSA) is 88.3 Å². The number of nitrogens with zero attached hydrogens (tertiary/aromatic N) is 4. The van der Waals surface area contributed by atoms with Crippen molar-refractivity contribution < 1.29 is 14.7 Å². The van der Waals surface area contributed by atoms with Crippen molar-refractivity contribution in [2.24, 2.45) is 0 Å². The Morgan fingerprint density at radius 3 is 2.38 bits per heavy atom. The van der Waals surface area contributed by atoms with Gasteiger partial charge in [0.15, 0.2) is 0 Å². The van der Waals surface area contributed by atoms with Gasteiger partial charge in [-0.25, -0.2) is 4.68 Å². The lowest BCUT2D eigenvalue weighted by molar-refractivity contribution is 0.0580. The number of carbonyl (C=O) groups is 2. The SMILES string of the molecule is O=C1c2cccc3c(-n4cc(-c5ccccc5)nn4)ccc(c23)C(=O)N1CCO.